The van der Waals surface area contributed by atoms with E-state index in [1.807, 2.05) is 0 Å². The number of aromatic hydroxyl groups is 1. The van der Waals surface area contributed by atoms with Gasteiger partial charge in [0.05, 0.1) is 10.5 Å². The fourth-order valence-electron chi connectivity index (χ4n) is 2.06. The highest BCUT2D eigenvalue weighted by Crippen LogP contribution is 2.27. The normalized spacial score (nSPS) is 10.7. The van der Waals surface area contributed by atoms with Crippen LogP contribution in [0.15, 0.2) is 34.1 Å². The van der Waals surface area contributed by atoms with Gasteiger partial charge in [-0.1, -0.05) is 12.1 Å². The van der Waals surface area contributed by atoms with E-state index in [-0.39, 0.29) is 33.9 Å². The molecule has 8 nitrogen and oxygen atoms in total. The molecule has 0 amide bonds. The van der Waals surface area contributed by atoms with Crippen molar-refractivity contribution in [3.8, 4) is 11.9 Å². The lowest BCUT2D eigenvalue weighted by atomic mass is 10.1. The van der Waals surface area contributed by atoms with Gasteiger partial charge in [0.15, 0.2) is 0 Å². The van der Waals surface area contributed by atoms with E-state index in [0.29, 0.717) is 0 Å². The minimum atomic E-state index is -0.620. The molecule has 8 heteroatoms. The second-order valence-corrected chi connectivity index (χ2v) is 4.72. The van der Waals surface area contributed by atoms with E-state index >= 15 is 0 Å². The molecule has 0 spiro atoms. The SMILES string of the molecule is Cc1c(C=Nc2ccccc2[N+](=O)[O-])c(O)n(C)c(=O)c1C#N. The highest BCUT2D eigenvalue weighted by atomic mass is 16.6. The standard InChI is InChI=1S/C15H12N4O4/c1-9-10(7-16)14(20)18(2)15(21)11(9)8-17-12-5-3-4-6-13(12)19(22)23/h3-6,8,21H,1-2H3. The Balaban J connectivity index is 2.63. The van der Waals surface area contributed by atoms with Gasteiger partial charge in [-0.15, -0.1) is 0 Å². The summed E-state index contributed by atoms with van der Waals surface area (Å²) in [5.41, 5.74) is -0.410. The van der Waals surface area contributed by atoms with E-state index in [4.69, 9.17) is 5.26 Å². The van der Waals surface area contributed by atoms with Crippen LogP contribution in [0.5, 0.6) is 5.88 Å². The lowest BCUT2D eigenvalue weighted by Crippen LogP contribution is -2.22. The summed E-state index contributed by atoms with van der Waals surface area (Å²) in [7, 11) is 1.32. The first-order valence-corrected chi connectivity index (χ1v) is 6.48. The zero-order valence-corrected chi connectivity index (χ0v) is 12.3. The van der Waals surface area contributed by atoms with Gasteiger partial charge in [-0.3, -0.25) is 19.5 Å². The second-order valence-electron chi connectivity index (χ2n) is 4.72. The maximum atomic E-state index is 11.9. The van der Waals surface area contributed by atoms with Gasteiger partial charge in [0, 0.05) is 19.3 Å². The number of nitriles is 1. The summed E-state index contributed by atoms with van der Waals surface area (Å²) in [6.45, 7) is 1.50. The minimum Gasteiger partial charge on any atom is -0.494 e. The van der Waals surface area contributed by atoms with E-state index in [2.05, 4.69) is 4.99 Å². The topological polar surface area (TPSA) is 122 Å². The first-order chi connectivity index (χ1) is 10.9. The lowest BCUT2D eigenvalue weighted by Gasteiger charge is -2.09. The fraction of sp³-hybridized carbons (Fsp3) is 0.133. The summed E-state index contributed by atoms with van der Waals surface area (Å²) in [5.74, 6) is -0.367. The van der Waals surface area contributed by atoms with E-state index in [9.17, 15) is 20.0 Å². The summed E-state index contributed by atoms with van der Waals surface area (Å²) in [6.07, 6.45) is 1.20. The number of pyridine rings is 1. The Morgan fingerprint density at radius 1 is 1.43 bits per heavy atom. The van der Waals surface area contributed by atoms with Crippen LogP contribution in [0.25, 0.3) is 0 Å². The predicted octanol–water partition coefficient (Wildman–Crippen LogP) is 1.93. The average Bonchev–Trinajstić information content (AvgIpc) is 2.53. The van der Waals surface area contributed by atoms with Gasteiger partial charge in [-0.2, -0.15) is 5.26 Å². The molecule has 23 heavy (non-hydrogen) atoms. The van der Waals surface area contributed by atoms with Crippen molar-refractivity contribution in [2.75, 3.05) is 0 Å². The summed E-state index contributed by atoms with van der Waals surface area (Å²) in [6, 6.07) is 7.65. The minimum absolute atomic E-state index is 0.101. The lowest BCUT2D eigenvalue weighted by molar-refractivity contribution is -0.384. The first-order valence-electron chi connectivity index (χ1n) is 6.48. The molecule has 0 atom stereocenters. The molecule has 0 saturated heterocycles. The quantitative estimate of drug-likeness (QED) is 0.527. The zero-order chi connectivity index (χ0) is 17.1. The largest absolute Gasteiger partial charge is 0.494 e. The molecule has 0 saturated carbocycles. The number of aromatic nitrogens is 1. The molecule has 0 aliphatic rings. The van der Waals surface area contributed by atoms with Crippen molar-refractivity contribution in [3.05, 3.63) is 61.4 Å². The van der Waals surface area contributed by atoms with Crippen molar-refractivity contribution in [2.45, 2.75) is 6.92 Å². The fourth-order valence-corrected chi connectivity index (χ4v) is 2.06. The van der Waals surface area contributed by atoms with Crippen molar-refractivity contribution in [2.24, 2.45) is 12.0 Å². The summed E-state index contributed by atoms with van der Waals surface area (Å²) in [4.78, 5) is 26.3. The molecule has 0 aliphatic heterocycles. The molecule has 2 aromatic rings. The van der Waals surface area contributed by atoms with Gasteiger partial charge in [0.1, 0.15) is 17.3 Å². The number of benzene rings is 1. The summed E-state index contributed by atoms with van der Waals surface area (Å²) in [5, 5.41) is 30.1. The molecule has 0 radical (unpaired) electrons. The highest BCUT2D eigenvalue weighted by Gasteiger charge is 2.16. The number of hydrogen-bond acceptors (Lipinski definition) is 6. The molecule has 0 aliphatic carbocycles. The maximum absolute atomic E-state index is 11.9. The van der Waals surface area contributed by atoms with Gasteiger partial charge >= 0.3 is 0 Å². The third kappa shape index (κ3) is 2.80. The molecule has 116 valence electrons. The Labute approximate surface area is 130 Å². The van der Waals surface area contributed by atoms with Gasteiger partial charge in [0.25, 0.3) is 11.2 Å². The van der Waals surface area contributed by atoms with E-state index in [0.717, 1.165) is 4.57 Å². The second kappa shape index (κ2) is 6.11. The van der Waals surface area contributed by atoms with Gasteiger partial charge in [-0.25, -0.2) is 4.99 Å². The Morgan fingerprint density at radius 2 is 2.09 bits per heavy atom. The van der Waals surface area contributed by atoms with E-state index in [1.54, 1.807) is 12.1 Å². The molecule has 0 unspecified atom stereocenters. The zero-order valence-electron chi connectivity index (χ0n) is 12.3. The monoisotopic (exact) mass is 312 g/mol. The molecule has 0 fully saturated rings. The van der Waals surface area contributed by atoms with Gasteiger partial charge in [0.2, 0.25) is 5.88 Å². The Hall–Kier alpha value is -3.47. The van der Waals surface area contributed by atoms with Crippen molar-refractivity contribution in [1.82, 2.24) is 4.57 Å². The third-order valence-corrected chi connectivity index (χ3v) is 3.38. The molecular weight excluding hydrogens is 300 g/mol. The van der Waals surface area contributed by atoms with Crippen LogP contribution in [0.4, 0.5) is 11.4 Å². The molecule has 1 heterocycles. The van der Waals surface area contributed by atoms with Gasteiger partial charge in [-0.05, 0) is 18.6 Å². The predicted molar refractivity (Wildman–Crippen MR) is 83.2 cm³/mol. The van der Waals surface area contributed by atoms with Crippen LogP contribution in [0.1, 0.15) is 16.7 Å². The van der Waals surface area contributed by atoms with Crippen LogP contribution in [0, 0.1) is 28.4 Å². The summed E-state index contributed by atoms with van der Waals surface area (Å²) < 4.78 is 0.923. The van der Waals surface area contributed by atoms with Crippen molar-refractivity contribution in [1.29, 1.82) is 5.26 Å². The van der Waals surface area contributed by atoms with Crippen LogP contribution in [0.3, 0.4) is 0 Å². The average molecular weight is 312 g/mol. The Morgan fingerprint density at radius 3 is 2.70 bits per heavy atom. The number of nitro benzene ring substituents is 1. The first kappa shape index (κ1) is 15.9. The highest BCUT2D eigenvalue weighted by molar-refractivity contribution is 5.88. The smallest absolute Gasteiger partial charge is 0.294 e. The molecule has 1 aromatic carbocycles. The molecule has 2 rings (SSSR count). The van der Waals surface area contributed by atoms with Crippen LogP contribution in [0.2, 0.25) is 0 Å². The van der Waals surface area contributed by atoms with Crippen molar-refractivity contribution in [3.63, 3.8) is 0 Å². The molecule has 1 N–H and O–H groups in total. The van der Waals surface area contributed by atoms with Crippen LogP contribution in [-0.2, 0) is 7.05 Å². The number of nitro groups is 1. The number of rotatable bonds is 3. The Bertz CT molecular complexity index is 922. The van der Waals surface area contributed by atoms with Gasteiger partial charge < -0.3 is 5.11 Å². The number of aliphatic imine (C=N–C) groups is 1. The summed E-state index contributed by atoms with van der Waals surface area (Å²) >= 11 is 0. The number of para-hydroxylation sites is 2. The number of hydrogen-bond donors (Lipinski definition) is 1. The van der Waals surface area contributed by atoms with E-state index < -0.39 is 10.5 Å². The van der Waals surface area contributed by atoms with Crippen LogP contribution in [-0.4, -0.2) is 20.8 Å². The molecule has 0 bridgehead atoms. The van der Waals surface area contributed by atoms with Crippen molar-refractivity contribution >= 4 is 17.6 Å². The number of nitrogens with zero attached hydrogens (tertiary/aromatic N) is 4. The maximum Gasteiger partial charge on any atom is 0.294 e. The van der Waals surface area contributed by atoms with Crippen molar-refractivity contribution < 1.29 is 10.0 Å². The Kier molecular flexibility index (Phi) is 4.23. The van der Waals surface area contributed by atoms with Crippen LogP contribution < -0.4 is 5.56 Å². The molecular formula is C15H12N4O4. The van der Waals surface area contributed by atoms with Crippen LogP contribution >= 0.6 is 0 Å². The van der Waals surface area contributed by atoms with E-state index in [1.165, 1.54) is 38.4 Å². The molecule has 1 aromatic heterocycles. The third-order valence-electron chi connectivity index (χ3n) is 3.38.